The van der Waals surface area contributed by atoms with E-state index >= 15 is 0 Å². The zero-order chi connectivity index (χ0) is 20.0. The highest BCUT2D eigenvalue weighted by Gasteiger charge is 2.32. The number of benzene rings is 1. The second-order valence-corrected chi connectivity index (χ2v) is 7.14. The second-order valence-electron chi connectivity index (χ2n) is 5.81. The number of ether oxygens (including phenoxy) is 1. The SMILES string of the molecule is CC(OC(=O)C(C)SCC(=O)Nc1ccc(F)cc1)C(=O)N1CCNC1=O. The molecule has 1 fully saturated rings. The van der Waals surface area contributed by atoms with Gasteiger partial charge in [0.05, 0.1) is 5.75 Å². The summed E-state index contributed by atoms with van der Waals surface area (Å²) in [5.74, 6) is -2.04. The van der Waals surface area contributed by atoms with E-state index in [-0.39, 0.29) is 18.2 Å². The molecule has 0 aliphatic carbocycles. The molecule has 1 aromatic rings. The van der Waals surface area contributed by atoms with E-state index < -0.39 is 35.1 Å². The largest absolute Gasteiger partial charge is 0.452 e. The van der Waals surface area contributed by atoms with Crippen molar-refractivity contribution in [3.05, 3.63) is 30.1 Å². The summed E-state index contributed by atoms with van der Waals surface area (Å²) in [7, 11) is 0. The van der Waals surface area contributed by atoms with Gasteiger partial charge >= 0.3 is 12.0 Å². The quantitative estimate of drug-likeness (QED) is 0.674. The Bertz CT molecular complexity index is 728. The number of amides is 4. The first kappa shape index (κ1) is 20.7. The molecule has 2 atom stereocenters. The Hall–Kier alpha value is -2.62. The molecule has 2 N–H and O–H groups in total. The fraction of sp³-hybridized carbons (Fsp3) is 0.412. The van der Waals surface area contributed by atoms with Crippen LogP contribution < -0.4 is 10.6 Å². The van der Waals surface area contributed by atoms with Crippen LogP contribution in [0.2, 0.25) is 0 Å². The molecule has 0 aromatic heterocycles. The number of esters is 1. The van der Waals surface area contributed by atoms with E-state index in [9.17, 15) is 23.6 Å². The van der Waals surface area contributed by atoms with Gasteiger partial charge in [0.2, 0.25) is 5.91 Å². The maximum absolute atomic E-state index is 12.8. The topological polar surface area (TPSA) is 105 Å². The van der Waals surface area contributed by atoms with E-state index in [4.69, 9.17) is 4.74 Å². The molecule has 1 heterocycles. The summed E-state index contributed by atoms with van der Waals surface area (Å²) >= 11 is 1.04. The standard InChI is InChI=1S/C17H20FN3O5S/c1-10(15(23)21-8-7-19-17(21)25)26-16(24)11(2)27-9-14(22)20-13-5-3-12(18)4-6-13/h3-6,10-11H,7-9H2,1-2H3,(H,19,25)(H,20,22). The van der Waals surface area contributed by atoms with E-state index in [0.717, 1.165) is 16.7 Å². The second kappa shape index (κ2) is 9.36. The van der Waals surface area contributed by atoms with Crippen molar-refractivity contribution in [3.8, 4) is 0 Å². The van der Waals surface area contributed by atoms with E-state index in [2.05, 4.69) is 10.6 Å². The number of carbonyl (C=O) groups is 4. The van der Waals surface area contributed by atoms with Crippen LogP contribution in [0.25, 0.3) is 0 Å². The van der Waals surface area contributed by atoms with Crippen molar-refractivity contribution < 1.29 is 28.3 Å². The Kier molecular flexibility index (Phi) is 7.17. The number of carbonyl (C=O) groups excluding carboxylic acids is 4. The third kappa shape index (κ3) is 5.95. The van der Waals surface area contributed by atoms with Crippen LogP contribution in [0.3, 0.4) is 0 Å². The van der Waals surface area contributed by atoms with Crippen molar-refractivity contribution in [1.29, 1.82) is 0 Å². The molecule has 8 nitrogen and oxygen atoms in total. The van der Waals surface area contributed by atoms with Crippen molar-refractivity contribution in [2.75, 3.05) is 24.2 Å². The lowest BCUT2D eigenvalue weighted by atomic mass is 10.3. The lowest BCUT2D eigenvalue weighted by Crippen LogP contribution is -2.42. The number of nitrogens with zero attached hydrogens (tertiary/aromatic N) is 1. The van der Waals surface area contributed by atoms with Crippen molar-refractivity contribution in [1.82, 2.24) is 10.2 Å². The average molecular weight is 397 g/mol. The average Bonchev–Trinajstić information content (AvgIpc) is 3.06. The van der Waals surface area contributed by atoms with Crippen LogP contribution >= 0.6 is 11.8 Å². The summed E-state index contributed by atoms with van der Waals surface area (Å²) in [5.41, 5.74) is 0.445. The summed E-state index contributed by atoms with van der Waals surface area (Å²) < 4.78 is 17.9. The van der Waals surface area contributed by atoms with Gasteiger partial charge in [-0.3, -0.25) is 19.3 Å². The molecule has 0 radical (unpaired) electrons. The molecular weight excluding hydrogens is 377 g/mol. The number of hydrogen-bond donors (Lipinski definition) is 2. The first-order chi connectivity index (χ1) is 12.8. The molecule has 27 heavy (non-hydrogen) atoms. The van der Waals surface area contributed by atoms with Gasteiger partial charge in [0.1, 0.15) is 11.1 Å². The first-order valence-corrected chi connectivity index (χ1v) is 9.29. The van der Waals surface area contributed by atoms with Crippen molar-refractivity contribution in [2.24, 2.45) is 0 Å². The summed E-state index contributed by atoms with van der Waals surface area (Å²) in [6.45, 7) is 3.54. The highest BCUT2D eigenvalue weighted by Crippen LogP contribution is 2.15. The molecule has 2 rings (SSSR count). The zero-order valence-electron chi connectivity index (χ0n) is 14.9. The van der Waals surface area contributed by atoms with Gasteiger partial charge in [0.15, 0.2) is 6.10 Å². The number of urea groups is 1. The van der Waals surface area contributed by atoms with Gasteiger partial charge in [-0.15, -0.1) is 11.8 Å². The summed E-state index contributed by atoms with van der Waals surface area (Å²) in [4.78, 5) is 48.5. The minimum absolute atomic E-state index is 0.0233. The van der Waals surface area contributed by atoms with Crippen LogP contribution in [0.1, 0.15) is 13.8 Å². The van der Waals surface area contributed by atoms with Crippen molar-refractivity contribution in [3.63, 3.8) is 0 Å². The highest BCUT2D eigenvalue weighted by atomic mass is 32.2. The minimum Gasteiger partial charge on any atom is -0.452 e. The molecule has 146 valence electrons. The van der Waals surface area contributed by atoms with Crippen molar-refractivity contribution in [2.45, 2.75) is 25.2 Å². The Morgan fingerprint density at radius 2 is 1.96 bits per heavy atom. The van der Waals surface area contributed by atoms with E-state index in [1.807, 2.05) is 0 Å². The lowest BCUT2D eigenvalue weighted by Gasteiger charge is -2.19. The van der Waals surface area contributed by atoms with Gasteiger partial charge in [-0.25, -0.2) is 9.18 Å². The van der Waals surface area contributed by atoms with E-state index in [1.54, 1.807) is 6.92 Å². The van der Waals surface area contributed by atoms with Gasteiger partial charge in [0, 0.05) is 18.8 Å². The first-order valence-electron chi connectivity index (χ1n) is 8.24. The minimum atomic E-state index is -1.10. The maximum atomic E-state index is 12.8. The van der Waals surface area contributed by atoms with Crippen LogP contribution in [0.4, 0.5) is 14.9 Å². The number of hydrogen-bond acceptors (Lipinski definition) is 6. The molecule has 1 saturated heterocycles. The Balaban J connectivity index is 1.75. The molecule has 0 bridgehead atoms. The Labute approximate surface area is 159 Å². The van der Waals surface area contributed by atoms with Gasteiger partial charge in [-0.2, -0.15) is 0 Å². The molecule has 2 unspecified atom stereocenters. The van der Waals surface area contributed by atoms with Crippen LogP contribution in [-0.4, -0.2) is 58.9 Å². The molecular formula is C17H20FN3O5S. The Morgan fingerprint density at radius 1 is 1.30 bits per heavy atom. The summed E-state index contributed by atoms with van der Waals surface area (Å²) in [6.07, 6.45) is -1.10. The highest BCUT2D eigenvalue weighted by molar-refractivity contribution is 8.01. The van der Waals surface area contributed by atoms with Gasteiger partial charge in [0.25, 0.3) is 5.91 Å². The lowest BCUT2D eigenvalue weighted by molar-refractivity contribution is -0.156. The number of anilines is 1. The van der Waals surface area contributed by atoms with Crippen molar-refractivity contribution >= 4 is 41.3 Å². The molecule has 4 amide bonds. The molecule has 0 spiro atoms. The molecule has 1 aliphatic heterocycles. The summed E-state index contributed by atoms with van der Waals surface area (Å²) in [5, 5.41) is 4.39. The monoisotopic (exact) mass is 397 g/mol. The predicted molar refractivity (Wildman–Crippen MR) is 97.6 cm³/mol. The van der Waals surface area contributed by atoms with Gasteiger partial charge < -0.3 is 15.4 Å². The predicted octanol–water partition coefficient (Wildman–Crippen LogP) is 1.37. The van der Waals surface area contributed by atoms with E-state index in [0.29, 0.717) is 12.2 Å². The maximum Gasteiger partial charge on any atom is 0.324 e. The fourth-order valence-corrected chi connectivity index (χ4v) is 2.89. The molecule has 1 aliphatic rings. The fourth-order valence-electron chi connectivity index (χ4n) is 2.22. The number of imide groups is 1. The van der Waals surface area contributed by atoms with Crippen LogP contribution in [0, 0.1) is 5.82 Å². The van der Waals surface area contributed by atoms with Crippen LogP contribution in [0.15, 0.2) is 24.3 Å². The number of halogens is 1. The van der Waals surface area contributed by atoms with Gasteiger partial charge in [-0.05, 0) is 38.1 Å². The zero-order valence-corrected chi connectivity index (χ0v) is 15.7. The molecule has 0 saturated carbocycles. The van der Waals surface area contributed by atoms with E-state index in [1.165, 1.54) is 31.2 Å². The number of nitrogens with one attached hydrogen (secondary N) is 2. The normalized spacial score (nSPS) is 15.7. The van der Waals surface area contributed by atoms with Crippen LogP contribution in [-0.2, 0) is 19.1 Å². The smallest absolute Gasteiger partial charge is 0.324 e. The van der Waals surface area contributed by atoms with Gasteiger partial charge in [-0.1, -0.05) is 0 Å². The Morgan fingerprint density at radius 3 is 2.56 bits per heavy atom. The number of rotatable bonds is 7. The summed E-state index contributed by atoms with van der Waals surface area (Å²) in [6, 6.07) is 4.79. The number of thioether (sulfide) groups is 1. The molecule has 1 aromatic carbocycles. The third-order valence-corrected chi connectivity index (χ3v) is 4.81. The van der Waals surface area contributed by atoms with Crippen LogP contribution in [0.5, 0.6) is 0 Å². The third-order valence-electron chi connectivity index (χ3n) is 3.69. The molecule has 10 heteroatoms.